The molecular weight excluding hydrogens is 296 g/mol. The molecule has 0 N–H and O–H groups in total. The smallest absolute Gasteiger partial charge is 0.120 e. The van der Waals surface area contributed by atoms with E-state index in [1.165, 1.54) is 0 Å². The van der Waals surface area contributed by atoms with Crippen LogP contribution in [-0.2, 0) is 9.47 Å². The fourth-order valence-corrected chi connectivity index (χ4v) is 1.66. The molecule has 102 valence electrons. The maximum atomic E-state index is 5.54. The highest BCUT2D eigenvalue weighted by Gasteiger charge is 2.08. The third-order valence-corrected chi connectivity index (χ3v) is 2.55. The first-order valence-corrected chi connectivity index (χ1v) is 6.87. The molecule has 18 heavy (non-hydrogen) atoms. The van der Waals surface area contributed by atoms with Crippen LogP contribution < -0.4 is 4.74 Å². The normalized spacial score (nSPS) is 11.6. The van der Waals surface area contributed by atoms with E-state index < -0.39 is 0 Å². The Labute approximate surface area is 118 Å². The molecule has 0 bridgehead atoms. The van der Waals surface area contributed by atoms with Gasteiger partial charge in [0.25, 0.3) is 0 Å². The Balaban J connectivity index is 2.02. The lowest BCUT2D eigenvalue weighted by Gasteiger charge is -2.19. The molecule has 4 heteroatoms. The number of rotatable bonds is 7. The van der Waals surface area contributed by atoms with Crippen LogP contribution in [0.25, 0.3) is 0 Å². The number of halogens is 1. The minimum Gasteiger partial charge on any atom is -0.491 e. The molecule has 0 spiro atoms. The van der Waals surface area contributed by atoms with Gasteiger partial charge in [-0.05, 0) is 39.0 Å². The maximum absolute atomic E-state index is 5.54. The monoisotopic (exact) mass is 316 g/mol. The van der Waals surface area contributed by atoms with Crippen molar-refractivity contribution in [1.29, 1.82) is 0 Å². The number of ether oxygens (including phenoxy) is 3. The minimum absolute atomic E-state index is 0.101. The molecule has 0 aromatic heterocycles. The van der Waals surface area contributed by atoms with Crippen molar-refractivity contribution in [2.45, 2.75) is 26.4 Å². The van der Waals surface area contributed by atoms with Gasteiger partial charge in [-0.25, -0.2) is 0 Å². The van der Waals surface area contributed by atoms with Crippen LogP contribution in [-0.4, -0.2) is 32.0 Å². The molecule has 1 aromatic rings. The predicted molar refractivity (Wildman–Crippen MR) is 76.2 cm³/mol. The molecule has 0 aliphatic heterocycles. The third-order valence-electron chi connectivity index (χ3n) is 2.06. The van der Waals surface area contributed by atoms with Crippen molar-refractivity contribution in [3.63, 3.8) is 0 Å². The molecule has 0 saturated carbocycles. The molecule has 1 rings (SSSR count). The summed E-state index contributed by atoms with van der Waals surface area (Å²) in [6.07, 6.45) is 0. The Hall–Kier alpha value is -0.580. The van der Waals surface area contributed by atoms with Gasteiger partial charge < -0.3 is 14.2 Å². The van der Waals surface area contributed by atoms with Crippen molar-refractivity contribution in [3.8, 4) is 5.75 Å². The molecular formula is C14H21BrO3. The average molecular weight is 317 g/mol. The Morgan fingerprint density at radius 2 is 1.78 bits per heavy atom. The zero-order chi connectivity index (χ0) is 13.4. The Bertz CT molecular complexity index is 347. The predicted octanol–water partition coefficient (Wildman–Crippen LogP) is 3.66. The van der Waals surface area contributed by atoms with E-state index in [0.29, 0.717) is 26.4 Å². The second kappa shape index (κ2) is 7.77. The van der Waals surface area contributed by atoms with Crippen LogP contribution in [0.1, 0.15) is 20.8 Å². The van der Waals surface area contributed by atoms with E-state index in [-0.39, 0.29) is 5.60 Å². The van der Waals surface area contributed by atoms with Crippen LogP contribution in [0.4, 0.5) is 0 Å². The molecule has 1 aromatic carbocycles. The SMILES string of the molecule is CC(C)(C)OCCOCCOc1cccc(Br)c1. The summed E-state index contributed by atoms with van der Waals surface area (Å²) in [6, 6.07) is 7.76. The van der Waals surface area contributed by atoms with Crippen molar-refractivity contribution in [1.82, 2.24) is 0 Å². The van der Waals surface area contributed by atoms with Gasteiger partial charge in [0.15, 0.2) is 0 Å². The molecule has 0 saturated heterocycles. The summed E-state index contributed by atoms with van der Waals surface area (Å²) in [5, 5.41) is 0. The summed E-state index contributed by atoms with van der Waals surface area (Å²) in [5.74, 6) is 0.846. The van der Waals surface area contributed by atoms with Crippen LogP contribution in [0, 0.1) is 0 Å². The molecule has 0 unspecified atom stereocenters. The second-order valence-electron chi connectivity index (χ2n) is 4.88. The Kier molecular flexibility index (Phi) is 6.68. The lowest BCUT2D eigenvalue weighted by Crippen LogP contribution is -2.22. The van der Waals surface area contributed by atoms with Crippen LogP contribution in [0.2, 0.25) is 0 Å². The van der Waals surface area contributed by atoms with E-state index in [2.05, 4.69) is 15.9 Å². The fraction of sp³-hybridized carbons (Fsp3) is 0.571. The molecule has 0 atom stereocenters. The summed E-state index contributed by atoms with van der Waals surface area (Å²) in [6.45, 7) is 8.42. The Morgan fingerprint density at radius 1 is 1.06 bits per heavy atom. The first-order valence-electron chi connectivity index (χ1n) is 6.07. The van der Waals surface area contributed by atoms with Gasteiger partial charge in [-0.1, -0.05) is 22.0 Å². The maximum Gasteiger partial charge on any atom is 0.120 e. The van der Waals surface area contributed by atoms with Gasteiger partial charge in [0.05, 0.1) is 25.4 Å². The summed E-state index contributed by atoms with van der Waals surface area (Å²) >= 11 is 3.40. The molecule has 0 heterocycles. The largest absolute Gasteiger partial charge is 0.491 e. The topological polar surface area (TPSA) is 27.7 Å². The summed E-state index contributed by atoms with van der Waals surface area (Å²) in [4.78, 5) is 0. The van der Waals surface area contributed by atoms with E-state index in [9.17, 15) is 0 Å². The van der Waals surface area contributed by atoms with E-state index in [4.69, 9.17) is 14.2 Å². The second-order valence-corrected chi connectivity index (χ2v) is 5.79. The summed E-state index contributed by atoms with van der Waals surface area (Å²) in [5.41, 5.74) is -0.101. The van der Waals surface area contributed by atoms with Crippen LogP contribution in [0.5, 0.6) is 5.75 Å². The van der Waals surface area contributed by atoms with Crippen molar-refractivity contribution in [2.75, 3.05) is 26.4 Å². The van der Waals surface area contributed by atoms with E-state index in [0.717, 1.165) is 10.2 Å². The van der Waals surface area contributed by atoms with Crippen molar-refractivity contribution in [3.05, 3.63) is 28.7 Å². The summed E-state index contributed by atoms with van der Waals surface area (Å²) in [7, 11) is 0. The van der Waals surface area contributed by atoms with Crippen LogP contribution in [0.3, 0.4) is 0 Å². The highest BCUT2D eigenvalue weighted by Crippen LogP contribution is 2.17. The third kappa shape index (κ3) is 7.69. The van der Waals surface area contributed by atoms with Gasteiger partial charge in [-0.15, -0.1) is 0 Å². The van der Waals surface area contributed by atoms with Crippen molar-refractivity contribution in [2.24, 2.45) is 0 Å². The molecule has 3 nitrogen and oxygen atoms in total. The molecule has 0 fully saturated rings. The average Bonchev–Trinajstić information content (AvgIpc) is 2.26. The van der Waals surface area contributed by atoms with Crippen LogP contribution in [0.15, 0.2) is 28.7 Å². The molecule has 0 radical (unpaired) electrons. The van der Waals surface area contributed by atoms with E-state index in [1.54, 1.807) is 0 Å². The lowest BCUT2D eigenvalue weighted by atomic mass is 10.2. The van der Waals surface area contributed by atoms with E-state index in [1.807, 2.05) is 45.0 Å². The first kappa shape index (κ1) is 15.5. The highest BCUT2D eigenvalue weighted by atomic mass is 79.9. The fourth-order valence-electron chi connectivity index (χ4n) is 1.28. The summed E-state index contributed by atoms with van der Waals surface area (Å²) < 4.78 is 17.5. The minimum atomic E-state index is -0.101. The van der Waals surface area contributed by atoms with Crippen molar-refractivity contribution < 1.29 is 14.2 Å². The van der Waals surface area contributed by atoms with Gasteiger partial charge in [-0.2, -0.15) is 0 Å². The number of benzene rings is 1. The van der Waals surface area contributed by atoms with Gasteiger partial charge in [0, 0.05) is 4.47 Å². The van der Waals surface area contributed by atoms with Gasteiger partial charge >= 0.3 is 0 Å². The number of hydrogen-bond donors (Lipinski definition) is 0. The van der Waals surface area contributed by atoms with Gasteiger partial charge in [-0.3, -0.25) is 0 Å². The van der Waals surface area contributed by atoms with Crippen molar-refractivity contribution >= 4 is 15.9 Å². The zero-order valence-electron chi connectivity index (χ0n) is 11.2. The zero-order valence-corrected chi connectivity index (χ0v) is 12.8. The first-order chi connectivity index (χ1) is 8.47. The van der Waals surface area contributed by atoms with Gasteiger partial charge in [0.1, 0.15) is 12.4 Å². The van der Waals surface area contributed by atoms with Crippen LogP contribution >= 0.6 is 15.9 Å². The number of hydrogen-bond acceptors (Lipinski definition) is 3. The molecule has 0 aliphatic rings. The molecule has 0 amide bonds. The highest BCUT2D eigenvalue weighted by molar-refractivity contribution is 9.10. The standard InChI is InChI=1S/C14H21BrO3/c1-14(2,3)18-10-8-16-7-9-17-13-6-4-5-12(15)11-13/h4-6,11H,7-10H2,1-3H3. The Morgan fingerprint density at radius 3 is 2.44 bits per heavy atom. The molecule has 0 aliphatic carbocycles. The van der Waals surface area contributed by atoms with Gasteiger partial charge in [0.2, 0.25) is 0 Å². The van der Waals surface area contributed by atoms with E-state index >= 15 is 0 Å². The quantitative estimate of drug-likeness (QED) is 0.718. The lowest BCUT2D eigenvalue weighted by molar-refractivity contribution is -0.0375.